The lowest BCUT2D eigenvalue weighted by Gasteiger charge is -2.36. The molecule has 0 saturated carbocycles. The molecule has 0 aromatic heterocycles. The number of imide groups is 1. The molecule has 3 heterocycles. The summed E-state index contributed by atoms with van der Waals surface area (Å²) in [5.41, 5.74) is 1.08. The van der Waals surface area contributed by atoms with Gasteiger partial charge in [0.05, 0.1) is 5.70 Å². The Balaban J connectivity index is 1.78. The smallest absolute Gasteiger partial charge is 0.245 e. The van der Waals surface area contributed by atoms with Gasteiger partial charge < -0.3 is 0 Å². The summed E-state index contributed by atoms with van der Waals surface area (Å²) in [4.78, 5) is 22.9. The minimum Gasteiger partial charge on any atom is -0.295 e. The number of hydrogen-bond donors (Lipinski definition) is 1. The number of carbonyl (C=O) groups excluding carboxylic acids is 2. The highest BCUT2D eigenvalue weighted by Gasteiger charge is 2.36. The molecule has 3 aliphatic rings. The topological polar surface area (TPSA) is 52.7 Å². The first kappa shape index (κ1) is 10.3. The molecule has 1 N–H and O–H groups in total. The van der Waals surface area contributed by atoms with Gasteiger partial charge in [0.25, 0.3) is 0 Å². The number of amides is 2. The van der Waals surface area contributed by atoms with Crippen LogP contribution in [0.5, 0.6) is 0 Å². The van der Waals surface area contributed by atoms with Crippen LogP contribution in [0.3, 0.4) is 0 Å². The summed E-state index contributed by atoms with van der Waals surface area (Å²) >= 11 is 0. The Morgan fingerprint density at radius 2 is 2.18 bits per heavy atom. The van der Waals surface area contributed by atoms with Crippen LogP contribution in [0.4, 0.5) is 0 Å². The number of fused-ring (bicyclic) bond motifs is 1. The first-order chi connectivity index (χ1) is 8.25. The van der Waals surface area contributed by atoms with Gasteiger partial charge >= 0.3 is 0 Å². The molecule has 88 valence electrons. The van der Waals surface area contributed by atoms with Crippen molar-refractivity contribution < 1.29 is 9.59 Å². The van der Waals surface area contributed by atoms with E-state index in [0.717, 1.165) is 5.70 Å². The lowest BCUT2D eigenvalue weighted by atomic mass is 10.1. The summed E-state index contributed by atoms with van der Waals surface area (Å²) in [5, 5.41) is 6.35. The molecular weight excluding hydrogens is 218 g/mol. The predicted molar refractivity (Wildman–Crippen MR) is 61.1 cm³/mol. The number of hydrazine groups is 1. The highest BCUT2D eigenvalue weighted by Crippen LogP contribution is 2.26. The van der Waals surface area contributed by atoms with Crippen LogP contribution in [0.1, 0.15) is 12.8 Å². The number of carbonyl (C=O) groups is 2. The third-order valence-corrected chi connectivity index (χ3v) is 3.20. The second-order valence-corrected chi connectivity index (χ2v) is 4.26. The third kappa shape index (κ3) is 1.68. The van der Waals surface area contributed by atoms with E-state index in [2.05, 4.69) is 11.4 Å². The zero-order valence-electron chi connectivity index (χ0n) is 9.30. The van der Waals surface area contributed by atoms with Crippen molar-refractivity contribution in [3.05, 3.63) is 36.2 Å². The van der Waals surface area contributed by atoms with Crippen LogP contribution in [0.2, 0.25) is 0 Å². The van der Waals surface area contributed by atoms with Gasteiger partial charge in [-0.3, -0.25) is 19.9 Å². The molecule has 0 aliphatic carbocycles. The van der Waals surface area contributed by atoms with Crippen LogP contribution in [0, 0.1) is 0 Å². The maximum atomic E-state index is 11.8. The Bertz CT molecular complexity index is 464. The summed E-state index contributed by atoms with van der Waals surface area (Å²) in [6.45, 7) is 0.705. The number of nitrogens with zero attached hydrogens (tertiary/aromatic N) is 2. The van der Waals surface area contributed by atoms with Crippen molar-refractivity contribution in [2.45, 2.75) is 18.9 Å². The van der Waals surface area contributed by atoms with Gasteiger partial charge in [-0.1, -0.05) is 6.08 Å². The Morgan fingerprint density at radius 3 is 3.00 bits per heavy atom. The molecule has 1 fully saturated rings. The first-order valence-electron chi connectivity index (χ1n) is 5.70. The summed E-state index contributed by atoms with van der Waals surface area (Å²) in [6, 6.07) is -0.252. The lowest BCUT2D eigenvalue weighted by molar-refractivity contribution is -0.140. The van der Waals surface area contributed by atoms with E-state index in [1.54, 1.807) is 0 Å². The van der Waals surface area contributed by atoms with Crippen LogP contribution in [-0.4, -0.2) is 34.4 Å². The van der Waals surface area contributed by atoms with Crippen LogP contribution in [0.25, 0.3) is 0 Å². The van der Waals surface area contributed by atoms with Crippen molar-refractivity contribution in [2.75, 3.05) is 6.54 Å². The SMILES string of the molecule is O=C1CC[C@H](N2CC=C3C=CC=CN32)C(=O)N1. The fraction of sp³-hybridized carbons (Fsp3) is 0.333. The van der Waals surface area contributed by atoms with Gasteiger partial charge in [0.2, 0.25) is 11.8 Å². The molecule has 0 aromatic rings. The summed E-state index contributed by atoms with van der Waals surface area (Å²) in [7, 11) is 0. The zero-order valence-corrected chi connectivity index (χ0v) is 9.30. The standard InChI is InChI=1S/C12H13N3O2/c16-11-5-4-10(12(17)13-11)15-8-6-9-3-1-2-7-14(9)15/h1-3,6-7,10H,4-5,8H2,(H,13,16,17)/t10-/m0/s1. The minimum absolute atomic E-state index is 0.173. The van der Waals surface area contributed by atoms with E-state index >= 15 is 0 Å². The average Bonchev–Trinajstić information content (AvgIpc) is 2.73. The molecular formula is C12H13N3O2. The minimum atomic E-state index is -0.252. The van der Waals surface area contributed by atoms with E-state index in [0.29, 0.717) is 19.4 Å². The van der Waals surface area contributed by atoms with Gasteiger partial charge in [-0.15, -0.1) is 0 Å². The molecule has 5 nitrogen and oxygen atoms in total. The fourth-order valence-corrected chi connectivity index (χ4v) is 2.36. The van der Waals surface area contributed by atoms with Gasteiger partial charge in [-0.25, -0.2) is 5.01 Å². The van der Waals surface area contributed by atoms with Gasteiger partial charge in [0.1, 0.15) is 6.04 Å². The van der Waals surface area contributed by atoms with E-state index in [1.165, 1.54) is 0 Å². The Kier molecular flexibility index (Phi) is 2.33. The molecule has 0 spiro atoms. The van der Waals surface area contributed by atoms with E-state index in [-0.39, 0.29) is 17.9 Å². The zero-order chi connectivity index (χ0) is 11.8. The van der Waals surface area contributed by atoms with E-state index in [9.17, 15) is 9.59 Å². The van der Waals surface area contributed by atoms with E-state index < -0.39 is 0 Å². The normalized spacial score (nSPS) is 28.1. The Morgan fingerprint density at radius 1 is 1.29 bits per heavy atom. The van der Waals surface area contributed by atoms with Crippen molar-refractivity contribution in [1.29, 1.82) is 0 Å². The maximum absolute atomic E-state index is 11.8. The Hall–Kier alpha value is -1.88. The highest BCUT2D eigenvalue weighted by molar-refractivity contribution is 6.00. The highest BCUT2D eigenvalue weighted by atomic mass is 16.2. The van der Waals surface area contributed by atoms with Gasteiger partial charge in [-0.2, -0.15) is 0 Å². The monoisotopic (exact) mass is 231 g/mol. The molecule has 5 heteroatoms. The largest absolute Gasteiger partial charge is 0.295 e. The van der Waals surface area contributed by atoms with Gasteiger partial charge in [0.15, 0.2) is 0 Å². The molecule has 0 radical (unpaired) electrons. The van der Waals surface area contributed by atoms with Gasteiger partial charge in [0, 0.05) is 19.2 Å². The molecule has 0 unspecified atom stereocenters. The summed E-state index contributed by atoms with van der Waals surface area (Å²) in [6.07, 6.45) is 10.9. The predicted octanol–water partition coefficient (Wildman–Crippen LogP) is 0.292. The summed E-state index contributed by atoms with van der Waals surface area (Å²) < 4.78 is 0. The number of allylic oxidation sites excluding steroid dienone is 3. The second-order valence-electron chi connectivity index (χ2n) is 4.26. The molecule has 2 amide bonds. The number of piperidine rings is 1. The first-order valence-corrected chi connectivity index (χ1v) is 5.70. The van der Waals surface area contributed by atoms with Crippen LogP contribution in [-0.2, 0) is 9.59 Å². The fourth-order valence-electron chi connectivity index (χ4n) is 2.36. The second kappa shape index (κ2) is 3.85. The third-order valence-electron chi connectivity index (χ3n) is 3.20. The molecule has 1 atom stereocenters. The lowest BCUT2D eigenvalue weighted by Crippen LogP contribution is -2.55. The number of nitrogens with one attached hydrogen (secondary N) is 1. The number of hydrogen-bond acceptors (Lipinski definition) is 4. The average molecular weight is 231 g/mol. The molecule has 3 rings (SSSR count). The molecule has 1 saturated heterocycles. The quantitative estimate of drug-likeness (QED) is 0.659. The Labute approximate surface area is 99.0 Å². The molecule has 3 aliphatic heterocycles. The van der Waals surface area contributed by atoms with E-state index in [4.69, 9.17) is 0 Å². The molecule has 0 bridgehead atoms. The molecule has 17 heavy (non-hydrogen) atoms. The van der Waals surface area contributed by atoms with Gasteiger partial charge in [-0.05, 0) is 24.6 Å². The van der Waals surface area contributed by atoms with Crippen molar-refractivity contribution in [1.82, 2.24) is 15.3 Å². The van der Waals surface area contributed by atoms with Crippen LogP contribution >= 0.6 is 0 Å². The van der Waals surface area contributed by atoms with E-state index in [1.807, 2.05) is 34.4 Å². The maximum Gasteiger partial charge on any atom is 0.245 e. The van der Waals surface area contributed by atoms with Crippen molar-refractivity contribution in [3.8, 4) is 0 Å². The van der Waals surface area contributed by atoms with Crippen molar-refractivity contribution >= 4 is 11.8 Å². The van der Waals surface area contributed by atoms with Crippen LogP contribution < -0.4 is 5.32 Å². The van der Waals surface area contributed by atoms with Crippen LogP contribution in [0.15, 0.2) is 36.2 Å². The summed E-state index contributed by atoms with van der Waals surface area (Å²) in [5.74, 6) is -0.369. The number of rotatable bonds is 1. The van der Waals surface area contributed by atoms with Crippen molar-refractivity contribution in [3.63, 3.8) is 0 Å². The van der Waals surface area contributed by atoms with Crippen molar-refractivity contribution in [2.24, 2.45) is 0 Å². The molecule has 0 aromatic carbocycles.